The Bertz CT molecular complexity index is 555. The number of imide groups is 1. The fraction of sp³-hybridized carbons (Fsp3) is 0.714. The summed E-state index contributed by atoms with van der Waals surface area (Å²) in [7, 11) is 0. The second kappa shape index (κ2) is 5.71. The number of aliphatic carboxylic acids is 1. The van der Waals surface area contributed by atoms with Gasteiger partial charge in [-0.25, -0.2) is 9.59 Å². The van der Waals surface area contributed by atoms with Gasteiger partial charge in [0.15, 0.2) is 0 Å². The molecule has 2 fully saturated rings. The molecule has 128 valence electrons. The van der Waals surface area contributed by atoms with E-state index >= 15 is 0 Å². The molecule has 0 aromatic rings. The van der Waals surface area contributed by atoms with Gasteiger partial charge in [-0.3, -0.25) is 14.5 Å². The molecule has 9 heteroatoms. The number of likely N-dealkylation sites (tertiary alicyclic amines) is 1. The average molecular weight is 327 g/mol. The Kier molecular flexibility index (Phi) is 4.23. The van der Waals surface area contributed by atoms with Crippen LogP contribution in [0.4, 0.5) is 9.59 Å². The highest BCUT2D eigenvalue weighted by Gasteiger charge is 2.55. The normalized spacial score (nSPS) is 24.3. The Morgan fingerprint density at radius 1 is 1.35 bits per heavy atom. The van der Waals surface area contributed by atoms with Crippen LogP contribution in [0.15, 0.2) is 0 Å². The van der Waals surface area contributed by atoms with Crippen molar-refractivity contribution in [2.24, 2.45) is 0 Å². The van der Waals surface area contributed by atoms with Gasteiger partial charge in [-0.05, 0) is 27.2 Å². The van der Waals surface area contributed by atoms with Gasteiger partial charge in [0.05, 0.1) is 13.0 Å². The Labute approximate surface area is 133 Å². The Morgan fingerprint density at radius 3 is 2.57 bits per heavy atom. The maximum Gasteiger partial charge on any atom is 0.410 e. The summed E-state index contributed by atoms with van der Waals surface area (Å²) >= 11 is 0. The molecular formula is C14H21N3O6. The quantitative estimate of drug-likeness (QED) is 0.725. The predicted octanol–water partition coefficient (Wildman–Crippen LogP) is 0.393. The summed E-state index contributed by atoms with van der Waals surface area (Å²) in [5.74, 6) is -1.58. The summed E-state index contributed by atoms with van der Waals surface area (Å²) in [6.45, 7) is 5.35. The third kappa shape index (κ3) is 3.54. The molecule has 0 saturated carbocycles. The van der Waals surface area contributed by atoms with Gasteiger partial charge in [0.1, 0.15) is 11.1 Å². The number of carbonyl (C=O) groups is 4. The van der Waals surface area contributed by atoms with Crippen LogP contribution in [0.2, 0.25) is 0 Å². The van der Waals surface area contributed by atoms with E-state index in [0.717, 1.165) is 4.90 Å². The van der Waals surface area contributed by atoms with Gasteiger partial charge in [-0.2, -0.15) is 0 Å². The van der Waals surface area contributed by atoms with E-state index < -0.39 is 35.1 Å². The summed E-state index contributed by atoms with van der Waals surface area (Å²) in [6, 6.07) is -0.623. The smallest absolute Gasteiger partial charge is 0.410 e. The standard InChI is InChI=1S/C14H21N3O6/c1-13(2,3)23-12(22)16-7-5-14(8-16)10(20)17(11(21)15-14)6-4-9(18)19/h4-8H2,1-3H3,(H,15,21)(H,18,19). The minimum absolute atomic E-state index is 0.0239. The zero-order valence-corrected chi connectivity index (χ0v) is 13.4. The molecule has 2 rings (SSSR count). The second-order valence-corrected chi connectivity index (χ2v) is 6.76. The monoisotopic (exact) mass is 327 g/mol. The van der Waals surface area contributed by atoms with Crippen LogP contribution < -0.4 is 5.32 Å². The van der Waals surface area contributed by atoms with Gasteiger partial charge in [-0.1, -0.05) is 0 Å². The van der Waals surface area contributed by atoms with Crippen LogP contribution in [0.5, 0.6) is 0 Å². The first-order valence-corrected chi connectivity index (χ1v) is 7.38. The molecule has 0 aromatic carbocycles. The Hall–Kier alpha value is -2.32. The molecule has 0 bridgehead atoms. The van der Waals surface area contributed by atoms with Crippen molar-refractivity contribution in [3.8, 4) is 0 Å². The molecule has 0 aliphatic carbocycles. The number of hydrogen-bond acceptors (Lipinski definition) is 5. The van der Waals surface area contributed by atoms with E-state index in [1.807, 2.05) is 0 Å². The maximum atomic E-state index is 12.5. The van der Waals surface area contributed by atoms with Crippen LogP contribution in [-0.4, -0.2) is 69.7 Å². The van der Waals surface area contributed by atoms with Gasteiger partial charge in [0.25, 0.3) is 5.91 Å². The first kappa shape index (κ1) is 17.0. The molecule has 1 unspecified atom stereocenters. The van der Waals surface area contributed by atoms with E-state index in [2.05, 4.69) is 5.32 Å². The lowest BCUT2D eigenvalue weighted by atomic mass is 9.99. The minimum atomic E-state index is -1.17. The van der Waals surface area contributed by atoms with E-state index in [9.17, 15) is 19.2 Å². The number of carbonyl (C=O) groups excluding carboxylic acids is 3. The zero-order valence-electron chi connectivity index (χ0n) is 13.4. The number of hydrogen-bond donors (Lipinski definition) is 2. The zero-order chi connectivity index (χ0) is 17.4. The van der Waals surface area contributed by atoms with Crippen LogP contribution in [0.1, 0.15) is 33.6 Å². The van der Waals surface area contributed by atoms with Crippen LogP contribution >= 0.6 is 0 Å². The first-order valence-electron chi connectivity index (χ1n) is 7.38. The molecule has 2 saturated heterocycles. The fourth-order valence-electron chi connectivity index (χ4n) is 2.66. The lowest BCUT2D eigenvalue weighted by molar-refractivity contribution is -0.137. The van der Waals surface area contributed by atoms with Gasteiger partial charge >= 0.3 is 18.1 Å². The van der Waals surface area contributed by atoms with Crippen LogP contribution in [-0.2, 0) is 14.3 Å². The molecule has 0 radical (unpaired) electrons. The summed E-state index contributed by atoms with van der Waals surface area (Å²) in [4.78, 5) is 49.4. The number of rotatable bonds is 3. The highest BCUT2D eigenvalue weighted by atomic mass is 16.6. The van der Waals surface area contributed by atoms with Crippen LogP contribution in [0.25, 0.3) is 0 Å². The average Bonchev–Trinajstić information content (AvgIpc) is 2.90. The number of nitrogens with zero attached hydrogens (tertiary/aromatic N) is 2. The number of nitrogens with one attached hydrogen (secondary N) is 1. The molecule has 0 aromatic heterocycles. The maximum absolute atomic E-state index is 12.5. The second-order valence-electron chi connectivity index (χ2n) is 6.76. The topological polar surface area (TPSA) is 116 Å². The number of ether oxygens (including phenoxy) is 1. The molecule has 2 heterocycles. The fourth-order valence-corrected chi connectivity index (χ4v) is 2.66. The lowest BCUT2D eigenvalue weighted by Crippen LogP contribution is -2.50. The van der Waals surface area contributed by atoms with Gasteiger partial charge in [0, 0.05) is 13.1 Å². The van der Waals surface area contributed by atoms with E-state index in [1.165, 1.54) is 4.90 Å². The summed E-state index contributed by atoms with van der Waals surface area (Å²) in [6.07, 6.45) is -0.578. The van der Waals surface area contributed by atoms with E-state index in [1.54, 1.807) is 20.8 Å². The first-order chi connectivity index (χ1) is 10.5. The van der Waals surface area contributed by atoms with Crippen molar-refractivity contribution in [3.05, 3.63) is 0 Å². The number of urea groups is 1. The minimum Gasteiger partial charge on any atom is -0.481 e. The molecule has 23 heavy (non-hydrogen) atoms. The van der Waals surface area contributed by atoms with Crippen molar-refractivity contribution in [1.29, 1.82) is 0 Å². The van der Waals surface area contributed by atoms with Crippen molar-refractivity contribution >= 4 is 24.0 Å². The molecule has 2 aliphatic heterocycles. The SMILES string of the molecule is CC(C)(C)OC(=O)N1CCC2(C1)NC(=O)N(CCC(=O)O)C2=O. The third-order valence-electron chi connectivity index (χ3n) is 3.72. The van der Waals surface area contributed by atoms with Gasteiger partial charge in [-0.15, -0.1) is 0 Å². The molecule has 2 aliphatic rings. The van der Waals surface area contributed by atoms with Crippen LogP contribution in [0, 0.1) is 0 Å². The van der Waals surface area contributed by atoms with E-state index in [-0.39, 0.29) is 32.5 Å². The molecule has 1 atom stereocenters. The molecule has 1 spiro atoms. The molecular weight excluding hydrogens is 306 g/mol. The predicted molar refractivity (Wildman–Crippen MR) is 77.7 cm³/mol. The van der Waals surface area contributed by atoms with Crippen molar-refractivity contribution in [1.82, 2.24) is 15.1 Å². The Balaban J connectivity index is 2.04. The number of carboxylic acids is 1. The largest absolute Gasteiger partial charge is 0.481 e. The molecule has 2 N–H and O–H groups in total. The van der Waals surface area contributed by atoms with Gasteiger partial charge < -0.3 is 20.1 Å². The molecule has 4 amide bonds. The number of carboxylic acid groups (broad SMARTS) is 1. The van der Waals surface area contributed by atoms with Crippen LogP contribution in [0.3, 0.4) is 0 Å². The van der Waals surface area contributed by atoms with Crippen molar-refractivity contribution < 1.29 is 29.0 Å². The van der Waals surface area contributed by atoms with E-state index in [0.29, 0.717) is 0 Å². The van der Waals surface area contributed by atoms with Crippen molar-refractivity contribution in [2.75, 3.05) is 19.6 Å². The highest BCUT2D eigenvalue weighted by Crippen LogP contribution is 2.29. The highest BCUT2D eigenvalue weighted by molar-refractivity contribution is 6.07. The summed E-state index contributed by atoms with van der Waals surface area (Å²) in [5, 5.41) is 11.3. The molecule has 9 nitrogen and oxygen atoms in total. The third-order valence-corrected chi connectivity index (χ3v) is 3.72. The summed E-state index contributed by atoms with van der Waals surface area (Å²) in [5.41, 5.74) is -1.82. The van der Waals surface area contributed by atoms with Crippen molar-refractivity contribution in [3.63, 3.8) is 0 Å². The summed E-state index contributed by atoms with van der Waals surface area (Å²) < 4.78 is 5.26. The van der Waals surface area contributed by atoms with Crippen molar-refractivity contribution in [2.45, 2.75) is 44.8 Å². The Morgan fingerprint density at radius 2 is 2.00 bits per heavy atom. The van der Waals surface area contributed by atoms with E-state index in [4.69, 9.17) is 9.84 Å². The lowest BCUT2D eigenvalue weighted by Gasteiger charge is -2.25. The number of amides is 4. The van der Waals surface area contributed by atoms with Gasteiger partial charge in [0.2, 0.25) is 0 Å².